The number of hydrogen-bond acceptors (Lipinski definition) is 7. The summed E-state index contributed by atoms with van der Waals surface area (Å²) < 4.78 is 30.0. The van der Waals surface area contributed by atoms with Gasteiger partial charge in [0.25, 0.3) is 5.91 Å². The van der Waals surface area contributed by atoms with Crippen molar-refractivity contribution in [3.05, 3.63) is 47.7 Å². The fourth-order valence-electron chi connectivity index (χ4n) is 7.74. The number of pyridine rings is 2. The lowest BCUT2D eigenvalue weighted by molar-refractivity contribution is -0.0571. The lowest BCUT2D eigenvalue weighted by atomic mass is 9.78. The molecule has 0 bridgehead atoms. The molecule has 0 spiro atoms. The Hall–Kier alpha value is -4.19. The Bertz CT molecular complexity index is 1850. The van der Waals surface area contributed by atoms with Crippen LogP contribution in [0.15, 0.2) is 36.5 Å². The molecule has 1 aliphatic carbocycles. The summed E-state index contributed by atoms with van der Waals surface area (Å²) in [4.78, 5) is 34.8. The van der Waals surface area contributed by atoms with Crippen molar-refractivity contribution in [1.82, 2.24) is 24.1 Å². The van der Waals surface area contributed by atoms with Gasteiger partial charge in [-0.05, 0) is 74.3 Å². The molecule has 48 heavy (non-hydrogen) atoms. The molecule has 4 aromatic heterocycles. The Kier molecular flexibility index (Phi) is 8.33. The maximum absolute atomic E-state index is 15.0. The number of alkyl halides is 1. The number of nitrogens with zero attached hydrogens (tertiary/aromatic N) is 6. The number of primary amides is 1. The molecule has 2 amide bonds. The standard InChI is InChI=1S/C36H46FN7O4/c1-21-27-10-8-24(34(45)43-20-25(37)17-29(48-35(38)46)32(43)36(2,3)4)19-44(27)40-31(21)28-16-23-9-11-30(41-14-12-26(47-5)13-15-41)39-33(23)42(28)18-22-6-7-22/h8-11,16,19,22,25-26,29,32H,6-7,12-15,17-18,20H2,1-5H3,(H2,38,46)/t25-,29-,32?/m1/s1. The first kappa shape index (κ1) is 32.4. The zero-order chi connectivity index (χ0) is 33.9. The second kappa shape index (κ2) is 12.4. The number of carbonyl (C=O) groups excluding carboxylic acids is 2. The largest absolute Gasteiger partial charge is 0.444 e. The first-order chi connectivity index (χ1) is 22.9. The third-order valence-electron chi connectivity index (χ3n) is 10.3. The van der Waals surface area contributed by atoms with E-state index in [1.807, 2.05) is 26.8 Å². The minimum atomic E-state index is -1.35. The number of rotatable bonds is 7. The van der Waals surface area contributed by atoms with E-state index in [9.17, 15) is 14.0 Å². The van der Waals surface area contributed by atoms with E-state index in [2.05, 4.69) is 34.6 Å². The quantitative estimate of drug-likeness (QED) is 0.268. The van der Waals surface area contributed by atoms with Crippen molar-refractivity contribution in [1.29, 1.82) is 0 Å². The lowest BCUT2D eigenvalue weighted by Gasteiger charge is -2.47. The van der Waals surface area contributed by atoms with Gasteiger partial charge in [-0.25, -0.2) is 18.7 Å². The summed E-state index contributed by atoms with van der Waals surface area (Å²) >= 11 is 0. The number of aryl methyl sites for hydroxylation is 1. The van der Waals surface area contributed by atoms with Gasteiger partial charge in [0.15, 0.2) is 0 Å². The number of aromatic nitrogens is 4. The normalized spacial score (nSPS) is 22.5. The van der Waals surface area contributed by atoms with Crippen molar-refractivity contribution < 1.29 is 23.5 Å². The van der Waals surface area contributed by atoms with Gasteiger partial charge in [-0.2, -0.15) is 5.10 Å². The predicted molar refractivity (Wildman–Crippen MR) is 182 cm³/mol. The molecule has 3 fully saturated rings. The van der Waals surface area contributed by atoms with Crippen molar-refractivity contribution in [2.75, 3.05) is 31.6 Å². The molecule has 7 rings (SSSR count). The molecule has 2 N–H and O–H groups in total. The van der Waals surface area contributed by atoms with Gasteiger partial charge in [-0.3, -0.25) is 4.79 Å². The third kappa shape index (κ3) is 6.10. The number of halogens is 1. The van der Waals surface area contributed by atoms with E-state index in [1.54, 1.807) is 23.9 Å². The predicted octanol–water partition coefficient (Wildman–Crippen LogP) is 5.75. The number of likely N-dealkylation sites (tertiary alicyclic amines) is 1. The van der Waals surface area contributed by atoms with E-state index in [4.69, 9.17) is 25.3 Å². The fourth-order valence-corrected chi connectivity index (χ4v) is 7.74. The van der Waals surface area contributed by atoms with Crippen LogP contribution in [0.25, 0.3) is 27.9 Å². The van der Waals surface area contributed by atoms with Gasteiger partial charge < -0.3 is 29.6 Å². The van der Waals surface area contributed by atoms with Crippen molar-refractivity contribution in [2.45, 2.75) is 90.8 Å². The minimum Gasteiger partial charge on any atom is -0.444 e. The van der Waals surface area contributed by atoms with Crippen molar-refractivity contribution >= 4 is 34.4 Å². The molecule has 3 atom stereocenters. The third-order valence-corrected chi connectivity index (χ3v) is 10.3. The SMILES string of the molecule is COC1CCN(c2ccc3cc(-c4nn5cc(C(=O)N6C[C@H](F)C[C@@H](OC(N)=O)C6C(C)(C)C)ccc5c4C)n(CC4CC4)c3n2)CC1. The molecule has 6 heterocycles. The first-order valence-electron chi connectivity index (χ1n) is 17.1. The van der Waals surface area contributed by atoms with Gasteiger partial charge in [0.1, 0.15) is 29.4 Å². The lowest BCUT2D eigenvalue weighted by Crippen LogP contribution is -2.61. The molecule has 1 saturated carbocycles. The highest BCUT2D eigenvalue weighted by atomic mass is 19.1. The molecule has 2 saturated heterocycles. The summed E-state index contributed by atoms with van der Waals surface area (Å²) in [5, 5.41) is 6.10. The zero-order valence-electron chi connectivity index (χ0n) is 28.5. The second-order valence-corrected chi connectivity index (χ2v) is 14.9. The van der Waals surface area contributed by atoms with Crippen LogP contribution in [0.4, 0.5) is 15.0 Å². The summed E-state index contributed by atoms with van der Waals surface area (Å²) in [6, 6.07) is 9.55. The molecule has 256 valence electrons. The van der Waals surface area contributed by atoms with Crippen molar-refractivity contribution in [2.24, 2.45) is 17.1 Å². The average Bonchev–Trinajstić information content (AvgIpc) is 3.72. The second-order valence-electron chi connectivity index (χ2n) is 14.9. The number of hydrogen-bond donors (Lipinski definition) is 1. The maximum Gasteiger partial charge on any atom is 0.404 e. The molecular formula is C36H46FN7O4. The first-order valence-corrected chi connectivity index (χ1v) is 17.1. The molecule has 2 aliphatic heterocycles. The van der Waals surface area contributed by atoms with Gasteiger partial charge in [0.05, 0.1) is 35.5 Å². The van der Waals surface area contributed by atoms with Gasteiger partial charge in [-0.1, -0.05) is 20.8 Å². The van der Waals surface area contributed by atoms with E-state index < -0.39 is 29.8 Å². The van der Waals surface area contributed by atoms with E-state index in [0.717, 1.165) is 71.8 Å². The number of piperidine rings is 2. The van der Waals surface area contributed by atoms with Crippen molar-refractivity contribution in [3.63, 3.8) is 0 Å². The Morgan fingerprint density at radius 1 is 1.08 bits per heavy atom. The topological polar surface area (TPSA) is 120 Å². The monoisotopic (exact) mass is 659 g/mol. The summed E-state index contributed by atoms with van der Waals surface area (Å²) in [5.74, 6) is 1.26. The molecule has 3 aliphatic rings. The molecule has 0 aromatic carbocycles. The minimum absolute atomic E-state index is 0.00702. The van der Waals surface area contributed by atoms with Gasteiger partial charge in [0.2, 0.25) is 0 Å². The van der Waals surface area contributed by atoms with E-state index in [0.29, 0.717) is 17.6 Å². The number of nitrogens with two attached hydrogens (primary N) is 1. The van der Waals surface area contributed by atoms with Crippen LogP contribution >= 0.6 is 0 Å². The number of fused-ring (bicyclic) bond motifs is 2. The highest BCUT2D eigenvalue weighted by molar-refractivity contribution is 5.95. The van der Waals surface area contributed by atoms with Crippen LogP contribution in [0, 0.1) is 18.3 Å². The summed E-state index contributed by atoms with van der Waals surface area (Å²) in [7, 11) is 1.78. The number of methoxy groups -OCH3 is 1. The summed E-state index contributed by atoms with van der Waals surface area (Å²) in [6.45, 7) is 10.5. The smallest absolute Gasteiger partial charge is 0.404 e. The Morgan fingerprint density at radius 3 is 2.50 bits per heavy atom. The van der Waals surface area contributed by atoms with Crippen LogP contribution < -0.4 is 10.6 Å². The van der Waals surface area contributed by atoms with Crippen LogP contribution in [0.2, 0.25) is 0 Å². The zero-order valence-corrected chi connectivity index (χ0v) is 28.5. The number of ether oxygens (including phenoxy) is 2. The molecular weight excluding hydrogens is 613 g/mol. The van der Waals surface area contributed by atoms with Gasteiger partial charge >= 0.3 is 6.09 Å². The Labute approximate surface area is 280 Å². The van der Waals surface area contributed by atoms with E-state index in [-0.39, 0.29) is 18.9 Å². The van der Waals surface area contributed by atoms with Gasteiger partial charge in [-0.15, -0.1) is 0 Å². The van der Waals surface area contributed by atoms with Crippen LogP contribution in [-0.2, 0) is 16.0 Å². The van der Waals surface area contributed by atoms with Crippen LogP contribution in [0.5, 0.6) is 0 Å². The molecule has 1 unspecified atom stereocenters. The fraction of sp³-hybridized carbons (Fsp3) is 0.556. The Balaban J connectivity index is 1.24. The van der Waals surface area contributed by atoms with Crippen LogP contribution in [-0.4, -0.2) is 87.2 Å². The maximum atomic E-state index is 15.0. The van der Waals surface area contributed by atoms with E-state index >= 15 is 0 Å². The summed E-state index contributed by atoms with van der Waals surface area (Å²) in [6.07, 6.45) is 3.22. The molecule has 0 radical (unpaired) electrons. The molecule has 11 nitrogen and oxygen atoms in total. The summed E-state index contributed by atoms with van der Waals surface area (Å²) in [5.41, 5.74) is 9.89. The molecule has 4 aromatic rings. The van der Waals surface area contributed by atoms with Crippen molar-refractivity contribution in [3.8, 4) is 11.4 Å². The van der Waals surface area contributed by atoms with Crippen LogP contribution in [0.3, 0.4) is 0 Å². The van der Waals surface area contributed by atoms with Crippen LogP contribution in [0.1, 0.15) is 68.8 Å². The Morgan fingerprint density at radius 2 is 1.83 bits per heavy atom. The molecule has 12 heteroatoms. The van der Waals surface area contributed by atoms with Gasteiger partial charge in [0, 0.05) is 50.3 Å². The average molecular weight is 660 g/mol. The number of anilines is 1. The highest BCUT2D eigenvalue weighted by Crippen LogP contribution is 2.38. The number of amides is 2. The highest BCUT2D eigenvalue weighted by Gasteiger charge is 2.47. The number of carbonyl (C=O) groups is 2. The van der Waals surface area contributed by atoms with E-state index in [1.165, 1.54) is 17.7 Å².